The molecule has 1 saturated heterocycles. The number of hydrogen-bond acceptors (Lipinski definition) is 5. The van der Waals surface area contributed by atoms with E-state index in [1.165, 1.54) is 24.0 Å². The second-order valence-corrected chi connectivity index (χ2v) is 6.47. The molecule has 25 heavy (non-hydrogen) atoms. The number of anilines is 2. The first-order valence-corrected chi connectivity index (χ1v) is 8.63. The highest BCUT2D eigenvalue weighted by atomic mass is 15.2. The molecular weight excluding hydrogens is 312 g/mol. The molecule has 1 N–H and O–H groups in total. The van der Waals surface area contributed by atoms with Crippen LogP contribution in [0.3, 0.4) is 0 Å². The minimum absolute atomic E-state index is 0.424. The smallest absolute Gasteiger partial charge is 0.131 e. The van der Waals surface area contributed by atoms with Gasteiger partial charge in [0.25, 0.3) is 0 Å². The molecule has 0 saturated carbocycles. The molecule has 3 aromatic rings. The van der Waals surface area contributed by atoms with E-state index >= 15 is 0 Å². The van der Waals surface area contributed by atoms with Crippen molar-refractivity contribution >= 4 is 11.6 Å². The highest BCUT2D eigenvalue weighted by molar-refractivity contribution is 5.52. The topological polar surface area (TPSA) is 58.9 Å². The van der Waals surface area contributed by atoms with Crippen molar-refractivity contribution < 1.29 is 0 Å². The zero-order valence-electron chi connectivity index (χ0n) is 14.3. The van der Waals surface area contributed by atoms with E-state index in [1.807, 2.05) is 42.3 Å². The van der Waals surface area contributed by atoms with E-state index in [0.717, 1.165) is 24.7 Å². The molecule has 0 aliphatic carbocycles. The Bertz CT molecular complexity index is 829. The van der Waals surface area contributed by atoms with Crippen molar-refractivity contribution in [3.05, 3.63) is 66.2 Å². The number of rotatable bonds is 5. The minimum atomic E-state index is 0.424. The summed E-state index contributed by atoms with van der Waals surface area (Å²) in [5, 5.41) is 7.56. The predicted octanol–water partition coefficient (Wildman–Crippen LogP) is 3.29. The van der Waals surface area contributed by atoms with E-state index < -0.39 is 0 Å². The van der Waals surface area contributed by atoms with Crippen LogP contribution in [-0.4, -0.2) is 31.2 Å². The Hall–Kier alpha value is -2.73. The van der Waals surface area contributed by atoms with Crippen molar-refractivity contribution in [2.45, 2.75) is 25.4 Å². The lowest BCUT2D eigenvalue weighted by molar-refractivity contribution is 0.248. The summed E-state index contributed by atoms with van der Waals surface area (Å²) in [4.78, 5) is 11.3. The molecule has 3 aromatic heterocycles. The number of nitrogens with one attached hydrogen (secondary N) is 1. The highest BCUT2D eigenvalue weighted by Crippen LogP contribution is 2.33. The molecule has 1 atom stereocenters. The lowest BCUT2D eigenvalue weighted by atomic mass is 10.1. The summed E-state index contributed by atoms with van der Waals surface area (Å²) in [6.45, 7) is 2.05. The Morgan fingerprint density at radius 2 is 2.08 bits per heavy atom. The molecule has 0 bridgehead atoms. The fourth-order valence-electron chi connectivity index (χ4n) is 3.47. The summed E-state index contributed by atoms with van der Waals surface area (Å²) in [6, 6.07) is 10.5. The molecule has 4 heterocycles. The van der Waals surface area contributed by atoms with Gasteiger partial charge < -0.3 is 5.32 Å². The molecule has 6 nitrogen and oxygen atoms in total. The van der Waals surface area contributed by atoms with Gasteiger partial charge in [0.2, 0.25) is 0 Å². The van der Waals surface area contributed by atoms with Gasteiger partial charge in [-0.2, -0.15) is 5.10 Å². The SMILES string of the molecule is Cn1cc(CN2CCCC2c2ccnc(Nc3ccccn3)c2)cn1. The van der Waals surface area contributed by atoms with Gasteiger partial charge in [0.15, 0.2) is 0 Å². The maximum Gasteiger partial charge on any atom is 0.131 e. The van der Waals surface area contributed by atoms with E-state index in [2.05, 4.69) is 43.6 Å². The molecule has 1 aliphatic heterocycles. The van der Waals surface area contributed by atoms with Crippen LogP contribution in [0.1, 0.15) is 30.0 Å². The van der Waals surface area contributed by atoms with Crippen molar-refractivity contribution in [1.82, 2.24) is 24.6 Å². The van der Waals surface area contributed by atoms with Gasteiger partial charge in [-0.1, -0.05) is 6.07 Å². The molecule has 0 amide bonds. The Labute approximate surface area is 147 Å². The summed E-state index contributed by atoms with van der Waals surface area (Å²) in [5.74, 6) is 1.65. The van der Waals surface area contributed by atoms with E-state index in [9.17, 15) is 0 Å². The molecule has 128 valence electrons. The summed E-state index contributed by atoms with van der Waals surface area (Å²) >= 11 is 0. The van der Waals surface area contributed by atoms with Crippen LogP contribution < -0.4 is 5.32 Å². The first-order chi connectivity index (χ1) is 12.3. The van der Waals surface area contributed by atoms with Crippen LogP contribution >= 0.6 is 0 Å². The van der Waals surface area contributed by atoms with Gasteiger partial charge in [-0.25, -0.2) is 9.97 Å². The number of pyridine rings is 2. The second-order valence-electron chi connectivity index (χ2n) is 6.47. The monoisotopic (exact) mass is 334 g/mol. The van der Waals surface area contributed by atoms with Gasteiger partial charge in [-0.3, -0.25) is 9.58 Å². The number of aryl methyl sites for hydroxylation is 1. The standard InChI is InChI=1S/C19H22N6/c1-24-13-15(12-22-24)14-25-10-4-5-17(25)16-7-9-21-19(11-16)23-18-6-2-3-8-20-18/h2-3,6-9,11-13,17H,4-5,10,14H2,1H3,(H,20,21,23). The first kappa shape index (κ1) is 15.8. The zero-order valence-corrected chi connectivity index (χ0v) is 14.3. The number of likely N-dealkylation sites (tertiary alicyclic amines) is 1. The van der Waals surface area contributed by atoms with Crippen LogP contribution in [0.4, 0.5) is 11.6 Å². The number of aromatic nitrogens is 4. The van der Waals surface area contributed by atoms with Gasteiger partial charge >= 0.3 is 0 Å². The van der Waals surface area contributed by atoms with Crippen LogP contribution in [0, 0.1) is 0 Å². The third-order valence-electron chi connectivity index (χ3n) is 4.60. The van der Waals surface area contributed by atoms with Gasteiger partial charge in [0.1, 0.15) is 11.6 Å². The minimum Gasteiger partial charge on any atom is -0.325 e. The van der Waals surface area contributed by atoms with Crippen LogP contribution in [-0.2, 0) is 13.6 Å². The third-order valence-corrected chi connectivity index (χ3v) is 4.60. The predicted molar refractivity (Wildman–Crippen MR) is 97.3 cm³/mol. The molecule has 0 radical (unpaired) electrons. The Morgan fingerprint density at radius 1 is 1.16 bits per heavy atom. The van der Waals surface area contributed by atoms with E-state index in [4.69, 9.17) is 0 Å². The molecule has 1 aliphatic rings. The number of nitrogens with zero attached hydrogens (tertiary/aromatic N) is 5. The van der Waals surface area contributed by atoms with E-state index in [-0.39, 0.29) is 0 Å². The Kier molecular flexibility index (Phi) is 4.43. The fourth-order valence-corrected chi connectivity index (χ4v) is 3.47. The van der Waals surface area contributed by atoms with E-state index in [1.54, 1.807) is 6.20 Å². The van der Waals surface area contributed by atoms with Crippen molar-refractivity contribution in [3.8, 4) is 0 Å². The van der Waals surface area contributed by atoms with Crippen LogP contribution in [0.5, 0.6) is 0 Å². The number of hydrogen-bond donors (Lipinski definition) is 1. The summed E-state index contributed by atoms with van der Waals surface area (Å²) in [6.07, 6.45) is 10.1. The zero-order chi connectivity index (χ0) is 17.1. The Morgan fingerprint density at radius 3 is 2.88 bits per heavy atom. The molecule has 0 spiro atoms. The van der Waals surface area contributed by atoms with Crippen LogP contribution in [0.2, 0.25) is 0 Å². The van der Waals surface area contributed by atoms with Gasteiger partial charge in [0.05, 0.1) is 6.20 Å². The maximum absolute atomic E-state index is 4.44. The van der Waals surface area contributed by atoms with Crippen molar-refractivity contribution in [2.24, 2.45) is 7.05 Å². The highest BCUT2D eigenvalue weighted by Gasteiger charge is 2.26. The lowest BCUT2D eigenvalue weighted by Crippen LogP contribution is -2.22. The lowest BCUT2D eigenvalue weighted by Gasteiger charge is -2.24. The quantitative estimate of drug-likeness (QED) is 0.776. The largest absolute Gasteiger partial charge is 0.325 e. The van der Waals surface area contributed by atoms with Crippen molar-refractivity contribution in [2.75, 3.05) is 11.9 Å². The Balaban J connectivity index is 1.51. The molecule has 1 fully saturated rings. The molecule has 1 unspecified atom stereocenters. The average molecular weight is 334 g/mol. The fraction of sp³-hybridized carbons (Fsp3) is 0.316. The summed E-state index contributed by atoms with van der Waals surface area (Å²) in [5.41, 5.74) is 2.56. The third kappa shape index (κ3) is 3.69. The summed E-state index contributed by atoms with van der Waals surface area (Å²) in [7, 11) is 1.96. The van der Waals surface area contributed by atoms with Crippen molar-refractivity contribution in [3.63, 3.8) is 0 Å². The van der Waals surface area contributed by atoms with Crippen molar-refractivity contribution in [1.29, 1.82) is 0 Å². The average Bonchev–Trinajstić information content (AvgIpc) is 3.25. The second kappa shape index (κ2) is 7.03. The molecule has 4 rings (SSSR count). The molecule has 0 aromatic carbocycles. The van der Waals surface area contributed by atoms with Crippen LogP contribution in [0.25, 0.3) is 0 Å². The van der Waals surface area contributed by atoms with E-state index in [0.29, 0.717) is 6.04 Å². The maximum atomic E-state index is 4.44. The normalized spacial score (nSPS) is 17.7. The van der Waals surface area contributed by atoms with Gasteiger partial charge in [-0.05, 0) is 49.2 Å². The van der Waals surface area contributed by atoms with Gasteiger partial charge in [-0.15, -0.1) is 0 Å². The first-order valence-electron chi connectivity index (χ1n) is 8.63. The van der Waals surface area contributed by atoms with Crippen LogP contribution in [0.15, 0.2) is 55.1 Å². The molecule has 6 heteroatoms. The molecular formula is C19H22N6. The summed E-state index contributed by atoms with van der Waals surface area (Å²) < 4.78 is 1.86. The van der Waals surface area contributed by atoms with Gasteiger partial charge in [0, 0.05) is 43.8 Å².